The van der Waals surface area contributed by atoms with Crippen LogP contribution in [0, 0.1) is 0 Å². The van der Waals surface area contributed by atoms with E-state index >= 15 is 0 Å². The third kappa shape index (κ3) is 13.1. The molecule has 0 aliphatic carbocycles. The summed E-state index contributed by atoms with van der Waals surface area (Å²) in [5.41, 5.74) is 0. The molecule has 0 saturated carbocycles. The lowest BCUT2D eigenvalue weighted by molar-refractivity contribution is 0.222. The van der Waals surface area contributed by atoms with Crippen LogP contribution in [0.1, 0.15) is 46.5 Å². The Kier molecular flexibility index (Phi) is 12.7. The van der Waals surface area contributed by atoms with E-state index in [9.17, 15) is 17.5 Å². The van der Waals surface area contributed by atoms with E-state index in [1.165, 1.54) is 0 Å². The fourth-order valence-corrected chi connectivity index (χ4v) is 8.45. The van der Waals surface area contributed by atoms with Crippen molar-refractivity contribution in [3.05, 3.63) is 0 Å². The topological polar surface area (TPSA) is 105 Å². The molecule has 0 aromatic heterocycles. The van der Waals surface area contributed by atoms with Gasteiger partial charge in [-0.2, -0.15) is 8.42 Å². The molecule has 8 nitrogen and oxygen atoms in total. The van der Waals surface area contributed by atoms with Crippen molar-refractivity contribution in [1.29, 1.82) is 0 Å². The third-order valence-corrected chi connectivity index (χ3v) is 9.83. The van der Waals surface area contributed by atoms with E-state index in [1.807, 2.05) is 0 Å². The van der Waals surface area contributed by atoms with Gasteiger partial charge in [0.05, 0.1) is 32.7 Å². The van der Waals surface area contributed by atoms with Crippen molar-refractivity contribution < 1.29 is 35.3 Å². The van der Waals surface area contributed by atoms with E-state index in [4.69, 9.17) is 13.6 Å². The zero-order valence-electron chi connectivity index (χ0n) is 15.6. The van der Waals surface area contributed by atoms with Crippen molar-refractivity contribution in [2.24, 2.45) is 0 Å². The van der Waals surface area contributed by atoms with Crippen LogP contribution in [-0.2, 0) is 37.0 Å². The molecule has 11 heteroatoms. The predicted octanol–water partition coefficient (Wildman–Crippen LogP) is 4.06. The molecule has 0 amide bonds. The molecule has 0 N–H and O–H groups in total. The molecule has 0 radical (unpaired) electrons. The van der Waals surface area contributed by atoms with Crippen molar-refractivity contribution in [3.8, 4) is 0 Å². The van der Waals surface area contributed by atoms with Crippen LogP contribution in [0.3, 0.4) is 0 Å². The van der Waals surface area contributed by atoms with Crippen molar-refractivity contribution in [2.45, 2.75) is 46.5 Å². The molecule has 0 heterocycles. The first kappa shape index (κ1) is 25.2. The van der Waals surface area contributed by atoms with E-state index in [0.717, 1.165) is 19.1 Å². The lowest BCUT2D eigenvalue weighted by Crippen LogP contribution is -2.06. The second-order valence-electron chi connectivity index (χ2n) is 5.48. The monoisotopic (exact) mass is 422 g/mol. The van der Waals surface area contributed by atoms with Crippen molar-refractivity contribution in [3.63, 3.8) is 0 Å². The summed E-state index contributed by atoms with van der Waals surface area (Å²) in [6, 6.07) is 0. The van der Waals surface area contributed by atoms with Crippen LogP contribution in [0.5, 0.6) is 0 Å². The van der Waals surface area contributed by atoms with E-state index in [-0.39, 0.29) is 38.5 Å². The van der Waals surface area contributed by atoms with Gasteiger partial charge in [0.15, 0.2) is 0 Å². The van der Waals surface area contributed by atoms with E-state index in [2.05, 4.69) is 4.18 Å². The highest BCUT2D eigenvalue weighted by Crippen LogP contribution is 2.63. The Morgan fingerprint density at radius 1 is 0.800 bits per heavy atom. The normalized spacial score (nSPS) is 15.2. The summed E-state index contributed by atoms with van der Waals surface area (Å²) < 4.78 is 67.7. The summed E-state index contributed by atoms with van der Waals surface area (Å²) in [7, 11) is -9.96. The second kappa shape index (κ2) is 12.6. The maximum Gasteiger partial charge on any atom is 0.340 e. The summed E-state index contributed by atoms with van der Waals surface area (Å²) in [5.74, 6) is -0.216. The van der Waals surface area contributed by atoms with Crippen LogP contribution in [0.25, 0.3) is 0 Å². The Morgan fingerprint density at radius 3 is 1.80 bits per heavy atom. The van der Waals surface area contributed by atoms with Crippen LogP contribution in [0.2, 0.25) is 0 Å². The van der Waals surface area contributed by atoms with Crippen LogP contribution < -0.4 is 0 Å². The first-order valence-corrected chi connectivity index (χ1v) is 14.1. The third-order valence-electron chi connectivity index (χ3n) is 3.10. The molecule has 0 aromatic rings. The zero-order chi connectivity index (χ0) is 19.4. The molecule has 0 bridgehead atoms. The van der Waals surface area contributed by atoms with Crippen LogP contribution >= 0.6 is 15.0 Å². The molecule has 0 aliphatic heterocycles. The molecule has 0 rings (SSSR count). The quantitative estimate of drug-likeness (QED) is 0.208. The van der Waals surface area contributed by atoms with Crippen molar-refractivity contribution in [1.82, 2.24) is 0 Å². The average molecular weight is 422 g/mol. The van der Waals surface area contributed by atoms with Gasteiger partial charge < -0.3 is 13.6 Å². The lowest BCUT2D eigenvalue weighted by Gasteiger charge is -2.23. The molecule has 1 unspecified atom stereocenters. The van der Waals surface area contributed by atoms with E-state index in [1.54, 1.807) is 20.8 Å². The molecule has 0 fully saturated rings. The van der Waals surface area contributed by atoms with Crippen LogP contribution in [0.4, 0.5) is 0 Å². The summed E-state index contributed by atoms with van der Waals surface area (Å²) in [6.45, 7) is 5.98. The van der Waals surface area contributed by atoms with Gasteiger partial charge in [-0.15, -0.1) is 0 Å². The molecular formula is C14H32O8P2S. The number of hydrogen-bond donors (Lipinski definition) is 0. The molecule has 0 saturated heterocycles. The van der Waals surface area contributed by atoms with E-state index in [0.29, 0.717) is 12.8 Å². The summed E-state index contributed by atoms with van der Waals surface area (Å²) >= 11 is 0. The molecule has 0 spiro atoms. The van der Waals surface area contributed by atoms with Gasteiger partial charge in [-0.3, -0.25) is 13.3 Å². The zero-order valence-corrected chi connectivity index (χ0v) is 18.2. The first-order valence-electron chi connectivity index (χ1n) is 8.55. The molecule has 1 atom stereocenters. The van der Waals surface area contributed by atoms with Gasteiger partial charge in [-0.25, -0.2) is 0 Å². The smallest absolute Gasteiger partial charge is 0.328 e. The lowest BCUT2D eigenvalue weighted by atomic mass is 10.2. The molecule has 0 aromatic carbocycles. The highest BCUT2D eigenvalue weighted by atomic mass is 32.2. The second-order valence-corrected chi connectivity index (χ2v) is 12.3. The van der Waals surface area contributed by atoms with Crippen LogP contribution in [-0.4, -0.2) is 53.2 Å². The Morgan fingerprint density at radius 2 is 1.32 bits per heavy atom. The van der Waals surface area contributed by atoms with E-state index < -0.39 is 25.1 Å². The maximum atomic E-state index is 12.9. The van der Waals surface area contributed by atoms with Gasteiger partial charge in [-0.1, -0.05) is 12.8 Å². The van der Waals surface area contributed by atoms with Gasteiger partial charge in [0.25, 0.3) is 10.1 Å². The minimum absolute atomic E-state index is 0.145. The highest BCUT2D eigenvalue weighted by molar-refractivity contribution is 7.86. The first-order chi connectivity index (χ1) is 11.6. The number of hydrogen-bond acceptors (Lipinski definition) is 8. The van der Waals surface area contributed by atoms with Crippen molar-refractivity contribution in [2.75, 3.05) is 44.7 Å². The van der Waals surface area contributed by atoms with Gasteiger partial charge >= 0.3 is 7.60 Å². The van der Waals surface area contributed by atoms with Crippen molar-refractivity contribution >= 4 is 25.1 Å². The Bertz CT molecular complexity index is 539. The number of rotatable bonds is 16. The van der Waals surface area contributed by atoms with Crippen LogP contribution in [0.15, 0.2) is 0 Å². The average Bonchev–Trinajstić information content (AvgIpc) is 2.45. The summed E-state index contributed by atoms with van der Waals surface area (Å²) in [4.78, 5) is 0. The fraction of sp³-hybridized carbons (Fsp3) is 1.00. The highest BCUT2D eigenvalue weighted by Gasteiger charge is 2.36. The standard InChI is InChI=1S/C14H32O8P2S/c1-5-19-23(15,14-24(16,20-6-2)21-7-3)13-11-9-8-10-12-22-25(4,17)18/h5-14H2,1-4H3. The number of unbranched alkanes of at least 4 members (excludes halogenated alkanes) is 3. The van der Waals surface area contributed by atoms with Gasteiger partial charge in [0.2, 0.25) is 7.37 Å². The van der Waals surface area contributed by atoms with Gasteiger partial charge in [-0.05, 0) is 33.6 Å². The molecule has 0 aliphatic rings. The molecular weight excluding hydrogens is 390 g/mol. The SMILES string of the molecule is CCOP(=O)(CCCCCCOS(C)(=O)=O)CP(=O)(OCC)OCC. The Hall–Kier alpha value is 0.250. The fourth-order valence-electron chi connectivity index (χ4n) is 2.21. The predicted molar refractivity (Wildman–Crippen MR) is 99.1 cm³/mol. The minimum Gasteiger partial charge on any atom is -0.328 e. The largest absolute Gasteiger partial charge is 0.340 e. The Balaban J connectivity index is 4.42. The van der Waals surface area contributed by atoms with Gasteiger partial charge in [0, 0.05) is 6.16 Å². The summed E-state index contributed by atoms with van der Waals surface area (Å²) in [6.07, 6.45) is 4.02. The molecule has 25 heavy (non-hydrogen) atoms. The Labute approximate surface area is 152 Å². The van der Waals surface area contributed by atoms with Gasteiger partial charge in [0.1, 0.15) is 5.90 Å². The summed E-state index contributed by atoms with van der Waals surface area (Å²) in [5, 5.41) is 0. The molecule has 152 valence electrons. The maximum absolute atomic E-state index is 12.9. The minimum atomic E-state index is -3.43.